The van der Waals surface area contributed by atoms with E-state index in [9.17, 15) is 4.39 Å². The molecule has 0 spiro atoms. The summed E-state index contributed by atoms with van der Waals surface area (Å²) in [5.41, 5.74) is 6.95. The van der Waals surface area contributed by atoms with Crippen molar-refractivity contribution in [1.82, 2.24) is 0 Å². The molecule has 2 rings (SSSR count). The van der Waals surface area contributed by atoms with Crippen molar-refractivity contribution in [2.75, 3.05) is 11.1 Å². The Morgan fingerprint density at radius 3 is 2.11 bits per heavy atom. The predicted molar refractivity (Wildman–Crippen MR) is 75.6 cm³/mol. The van der Waals surface area contributed by atoms with Gasteiger partial charge >= 0.3 is 0 Å². The summed E-state index contributed by atoms with van der Waals surface area (Å²) in [4.78, 5) is 0. The highest BCUT2D eigenvalue weighted by Crippen LogP contribution is 2.35. The summed E-state index contributed by atoms with van der Waals surface area (Å²) in [6, 6.07) is 7.16. The zero-order valence-electron chi connectivity index (χ0n) is 8.98. The lowest BCUT2D eigenvalue weighted by Crippen LogP contribution is -1.95. The molecule has 0 saturated carbocycles. The number of benzene rings is 2. The summed E-state index contributed by atoms with van der Waals surface area (Å²) in [5.74, 6) is -0.451. The van der Waals surface area contributed by atoms with Gasteiger partial charge in [-0.05, 0) is 30.3 Å². The average Bonchev–Trinajstić information content (AvgIpc) is 2.22. The molecule has 2 aromatic rings. The monoisotopic (exact) mass is 304 g/mol. The molecule has 2 nitrogen and oxygen atoms in total. The first-order chi connectivity index (χ1) is 8.45. The molecule has 0 unspecified atom stereocenters. The third-order valence-corrected chi connectivity index (χ3v) is 3.01. The average molecular weight is 306 g/mol. The lowest BCUT2D eigenvalue weighted by molar-refractivity contribution is 0.628. The van der Waals surface area contributed by atoms with Gasteiger partial charge in [-0.3, -0.25) is 0 Å². The van der Waals surface area contributed by atoms with Crippen LogP contribution in [0.3, 0.4) is 0 Å². The van der Waals surface area contributed by atoms with E-state index in [1.165, 1.54) is 12.1 Å². The minimum atomic E-state index is -0.451. The van der Waals surface area contributed by atoms with Crippen molar-refractivity contribution in [2.24, 2.45) is 0 Å². The first kappa shape index (κ1) is 13.3. The minimum absolute atomic E-state index is 0.278. The number of nitrogens with two attached hydrogens (primary N) is 1. The van der Waals surface area contributed by atoms with E-state index in [0.717, 1.165) is 0 Å². The maximum atomic E-state index is 13.2. The van der Waals surface area contributed by atoms with Crippen LogP contribution in [0.1, 0.15) is 0 Å². The molecular formula is C12H8Cl3FN2. The molecule has 0 aromatic heterocycles. The van der Waals surface area contributed by atoms with Crippen LogP contribution in [0, 0.1) is 5.82 Å². The van der Waals surface area contributed by atoms with Gasteiger partial charge in [0, 0.05) is 16.4 Å². The highest BCUT2D eigenvalue weighted by molar-refractivity contribution is 6.39. The third-order valence-electron chi connectivity index (χ3n) is 2.20. The molecule has 0 atom stereocenters. The van der Waals surface area contributed by atoms with E-state index in [-0.39, 0.29) is 5.02 Å². The molecule has 0 heterocycles. The molecule has 0 bridgehead atoms. The van der Waals surface area contributed by atoms with Crippen LogP contribution in [0.5, 0.6) is 0 Å². The van der Waals surface area contributed by atoms with E-state index in [4.69, 9.17) is 40.5 Å². The van der Waals surface area contributed by atoms with E-state index < -0.39 is 5.82 Å². The van der Waals surface area contributed by atoms with Gasteiger partial charge in [0.1, 0.15) is 5.82 Å². The highest BCUT2D eigenvalue weighted by atomic mass is 35.5. The predicted octanol–water partition coefficient (Wildman–Crippen LogP) is 5.11. The van der Waals surface area contributed by atoms with Gasteiger partial charge in [-0.1, -0.05) is 34.8 Å². The SMILES string of the molecule is Nc1cc(Cl)c(Nc2cc(F)cc(Cl)c2)c(Cl)c1. The maximum Gasteiger partial charge on any atom is 0.126 e. The van der Waals surface area contributed by atoms with Crippen molar-refractivity contribution in [1.29, 1.82) is 0 Å². The van der Waals surface area contributed by atoms with Crippen molar-refractivity contribution in [3.05, 3.63) is 51.2 Å². The molecule has 0 aliphatic rings. The van der Waals surface area contributed by atoms with E-state index in [0.29, 0.717) is 27.1 Å². The van der Waals surface area contributed by atoms with Crippen molar-refractivity contribution < 1.29 is 4.39 Å². The topological polar surface area (TPSA) is 38.0 Å². The molecular weight excluding hydrogens is 298 g/mol. The first-order valence-electron chi connectivity index (χ1n) is 4.93. The second-order valence-corrected chi connectivity index (χ2v) is 4.89. The number of anilines is 3. The Kier molecular flexibility index (Phi) is 3.85. The van der Waals surface area contributed by atoms with Gasteiger partial charge in [-0.2, -0.15) is 0 Å². The standard InChI is InChI=1S/C12H8Cl3FN2/c13-6-1-7(16)3-9(2-6)18-12-10(14)4-8(17)5-11(12)15/h1-5,18H,17H2. The van der Waals surface area contributed by atoms with Gasteiger partial charge in [-0.15, -0.1) is 0 Å². The summed E-state index contributed by atoms with van der Waals surface area (Å²) in [5, 5.41) is 3.88. The molecule has 0 saturated heterocycles. The number of hydrogen-bond acceptors (Lipinski definition) is 2. The van der Waals surface area contributed by atoms with Crippen LogP contribution in [-0.4, -0.2) is 0 Å². The minimum Gasteiger partial charge on any atom is -0.399 e. The Balaban J connectivity index is 2.40. The fourth-order valence-corrected chi connectivity index (χ4v) is 2.30. The normalized spacial score (nSPS) is 10.4. The molecule has 6 heteroatoms. The molecule has 2 aromatic carbocycles. The van der Waals surface area contributed by atoms with Crippen LogP contribution in [0.2, 0.25) is 15.1 Å². The van der Waals surface area contributed by atoms with Gasteiger partial charge < -0.3 is 11.1 Å². The Labute approximate surface area is 118 Å². The smallest absolute Gasteiger partial charge is 0.126 e. The van der Waals surface area contributed by atoms with E-state index in [1.807, 2.05) is 0 Å². The number of nitrogens with one attached hydrogen (secondary N) is 1. The fourth-order valence-electron chi connectivity index (χ4n) is 1.48. The third kappa shape index (κ3) is 2.99. The van der Waals surface area contributed by atoms with Crippen LogP contribution in [0.15, 0.2) is 30.3 Å². The molecule has 18 heavy (non-hydrogen) atoms. The lowest BCUT2D eigenvalue weighted by Gasteiger charge is -2.11. The van der Waals surface area contributed by atoms with E-state index >= 15 is 0 Å². The lowest BCUT2D eigenvalue weighted by atomic mass is 10.2. The van der Waals surface area contributed by atoms with Gasteiger partial charge in [0.15, 0.2) is 0 Å². The Bertz CT molecular complexity index is 559. The zero-order chi connectivity index (χ0) is 13.3. The van der Waals surface area contributed by atoms with Gasteiger partial charge in [-0.25, -0.2) is 4.39 Å². The molecule has 0 aliphatic heterocycles. The molecule has 0 aliphatic carbocycles. The number of hydrogen-bond donors (Lipinski definition) is 2. The molecule has 0 radical (unpaired) electrons. The van der Waals surface area contributed by atoms with Gasteiger partial charge in [0.2, 0.25) is 0 Å². The zero-order valence-corrected chi connectivity index (χ0v) is 11.2. The van der Waals surface area contributed by atoms with Crippen molar-refractivity contribution >= 4 is 51.9 Å². The van der Waals surface area contributed by atoms with Crippen LogP contribution < -0.4 is 11.1 Å². The molecule has 0 amide bonds. The van der Waals surface area contributed by atoms with Gasteiger partial charge in [0.25, 0.3) is 0 Å². The van der Waals surface area contributed by atoms with Crippen LogP contribution in [0.25, 0.3) is 0 Å². The van der Waals surface area contributed by atoms with E-state index in [1.54, 1.807) is 18.2 Å². The second kappa shape index (κ2) is 5.22. The second-order valence-electron chi connectivity index (χ2n) is 3.64. The largest absolute Gasteiger partial charge is 0.399 e. The van der Waals surface area contributed by atoms with Crippen molar-refractivity contribution in [3.8, 4) is 0 Å². The maximum absolute atomic E-state index is 13.2. The molecule has 3 N–H and O–H groups in total. The fraction of sp³-hybridized carbons (Fsp3) is 0. The van der Waals surface area contributed by atoms with Crippen molar-refractivity contribution in [3.63, 3.8) is 0 Å². The number of nitrogen functional groups attached to an aromatic ring is 1. The number of rotatable bonds is 2. The Morgan fingerprint density at radius 1 is 0.944 bits per heavy atom. The molecule has 0 fully saturated rings. The summed E-state index contributed by atoms with van der Waals surface area (Å²) in [6.45, 7) is 0. The summed E-state index contributed by atoms with van der Waals surface area (Å²) < 4.78 is 13.2. The first-order valence-corrected chi connectivity index (χ1v) is 6.07. The summed E-state index contributed by atoms with van der Waals surface area (Å²) >= 11 is 17.8. The summed E-state index contributed by atoms with van der Waals surface area (Å²) in [6.07, 6.45) is 0. The van der Waals surface area contributed by atoms with E-state index in [2.05, 4.69) is 5.32 Å². The summed E-state index contributed by atoms with van der Waals surface area (Å²) in [7, 11) is 0. The number of halogens is 4. The van der Waals surface area contributed by atoms with Crippen LogP contribution in [0.4, 0.5) is 21.5 Å². The van der Waals surface area contributed by atoms with Crippen LogP contribution in [-0.2, 0) is 0 Å². The van der Waals surface area contributed by atoms with Gasteiger partial charge in [0.05, 0.1) is 15.7 Å². The Hall–Kier alpha value is -1.16. The molecule has 94 valence electrons. The van der Waals surface area contributed by atoms with Crippen LogP contribution >= 0.6 is 34.8 Å². The Morgan fingerprint density at radius 2 is 1.56 bits per heavy atom. The quantitative estimate of drug-likeness (QED) is 0.756. The van der Waals surface area contributed by atoms with Crippen molar-refractivity contribution in [2.45, 2.75) is 0 Å². The highest BCUT2D eigenvalue weighted by Gasteiger charge is 2.08.